The molecule has 0 bridgehead atoms. The van der Waals surface area contributed by atoms with E-state index in [0.29, 0.717) is 6.61 Å². The summed E-state index contributed by atoms with van der Waals surface area (Å²) in [6.07, 6.45) is 6.99. The van der Waals surface area contributed by atoms with Crippen molar-refractivity contribution in [2.75, 3.05) is 19.8 Å². The van der Waals surface area contributed by atoms with Crippen LogP contribution < -0.4 is 5.32 Å². The van der Waals surface area contributed by atoms with E-state index in [2.05, 4.69) is 15.5 Å². The normalized spacial score (nSPS) is 24.3. The third kappa shape index (κ3) is 3.29. The third-order valence-corrected chi connectivity index (χ3v) is 3.61. The number of hydrogen-bond acceptors (Lipinski definition) is 5. The van der Waals surface area contributed by atoms with Gasteiger partial charge in [-0.1, -0.05) is 11.6 Å². The number of nitrogens with zero attached hydrogens (tertiary/aromatic N) is 2. The molecule has 5 nitrogen and oxygen atoms in total. The van der Waals surface area contributed by atoms with Gasteiger partial charge in [-0.3, -0.25) is 0 Å². The Morgan fingerprint density at radius 1 is 1.28 bits per heavy atom. The number of piperidine rings is 1. The van der Waals surface area contributed by atoms with E-state index in [4.69, 9.17) is 9.26 Å². The maximum absolute atomic E-state index is 5.58. The van der Waals surface area contributed by atoms with E-state index in [1.165, 1.54) is 25.7 Å². The molecule has 1 aliphatic carbocycles. The van der Waals surface area contributed by atoms with Gasteiger partial charge in [0.2, 0.25) is 5.89 Å². The summed E-state index contributed by atoms with van der Waals surface area (Å²) < 4.78 is 10.9. The summed E-state index contributed by atoms with van der Waals surface area (Å²) in [6.45, 7) is 2.65. The molecule has 1 N–H and O–H groups in total. The van der Waals surface area contributed by atoms with Crippen LogP contribution in [0, 0.1) is 5.92 Å². The molecule has 5 heteroatoms. The Bertz CT molecular complexity index is 370. The highest BCUT2D eigenvalue weighted by molar-refractivity contribution is 4.94. The molecule has 1 aromatic rings. The predicted molar refractivity (Wildman–Crippen MR) is 66.1 cm³/mol. The van der Waals surface area contributed by atoms with Gasteiger partial charge in [-0.05, 0) is 38.1 Å². The fourth-order valence-corrected chi connectivity index (χ4v) is 2.27. The molecule has 2 fully saturated rings. The molecule has 0 spiro atoms. The van der Waals surface area contributed by atoms with Crippen molar-refractivity contribution in [2.24, 2.45) is 5.92 Å². The van der Waals surface area contributed by atoms with Crippen LogP contribution >= 0.6 is 0 Å². The van der Waals surface area contributed by atoms with Gasteiger partial charge in [-0.2, -0.15) is 4.98 Å². The first-order chi connectivity index (χ1) is 8.92. The zero-order valence-corrected chi connectivity index (χ0v) is 10.7. The fourth-order valence-electron chi connectivity index (χ4n) is 2.27. The van der Waals surface area contributed by atoms with Crippen LogP contribution in [0.2, 0.25) is 0 Å². The van der Waals surface area contributed by atoms with Crippen molar-refractivity contribution in [1.29, 1.82) is 0 Å². The molecule has 1 aliphatic heterocycles. The van der Waals surface area contributed by atoms with Crippen molar-refractivity contribution in [3.63, 3.8) is 0 Å². The van der Waals surface area contributed by atoms with Gasteiger partial charge in [0.1, 0.15) is 0 Å². The van der Waals surface area contributed by atoms with Crippen LogP contribution in [-0.2, 0) is 11.2 Å². The molecule has 1 saturated carbocycles. The van der Waals surface area contributed by atoms with Crippen LogP contribution in [0.4, 0.5) is 0 Å². The van der Waals surface area contributed by atoms with E-state index in [0.717, 1.165) is 43.6 Å². The van der Waals surface area contributed by atoms with Crippen molar-refractivity contribution in [3.05, 3.63) is 11.7 Å². The van der Waals surface area contributed by atoms with Gasteiger partial charge in [0.05, 0.1) is 12.6 Å². The van der Waals surface area contributed by atoms with E-state index >= 15 is 0 Å². The highest BCUT2D eigenvalue weighted by Crippen LogP contribution is 2.28. The Labute approximate surface area is 107 Å². The topological polar surface area (TPSA) is 60.2 Å². The molecule has 1 aromatic heterocycles. The number of aromatic nitrogens is 2. The second-order valence-electron chi connectivity index (χ2n) is 5.32. The first-order valence-corrected chi connectivity index (χ1v) is 7.05. The zero-order chi connectivity index (χ0) is 12.2. The van der Waals surface area contributed by atoms with Crippen LogP contribution in [-0.4, -0.2) is 29.9 Å². The second-order valence-corrected chi connectivity index (χ2v) is 5.32. The van der Waals surface area contributed by atoms with E-state index < -0.39 is 0 Å². The van der Waals surface area contributed by atoms with Crippen molar-refractivity contribution in [2.45, 2.75) is 44.6 Å². The van der Waals surface area contributed by atoms with Crippen molar-refractivity contribution >= 4 is 0 Å². The average molecular weight is 251 g/mol. The predicted octanol–water partition coefficient (Wildman–Crippen LogP) is 1.85. The van der Waals surface area contributed by atoms with Crippen LogP contribution in [0.5, 0.6) is 0 Å². The number of hydrogen-bond donors (Lipinski definition) is 1. The Morgan fingerprint density at radius 2 is 2.22 bits per heavy atom. The molecule has 0 aromatic carbocycles. The van der Waals surface area contributed by atoms with Gasteiger partial charge < -0.3 is 14.6 Å². The SMILES string of the molecule is C1CC[C@H](c2nc(CCOCC3CC3)no2)NC1. The Hall–Kier alpha value is -0.940. The van der Waals surface area contributed by atoms with E-state index in [-0.39, 0.29) is 6.04 Å². The smallest absolute Gasteiger partial charge is 0.243 e. The molecule has 1 saturated heterocycles. The summed E-state index contributed by atoms with van der Waals surface area (Å²) in [5, 5.41) is 7.43. The largest absolute Gasteiger partial charge is 0.381 e. The monoisotopic (exact) mass is 251 g/mol. The summed E-state index contributed by atoms with van der Waals surface area (Å²) in [5.74, 6) is 2.33. The quantitative estimate of drug-likeness (QED) is 0.782. The standard InChI is InChI=1S/C13H21N3O2/c1-2-7-14-11(3-1)13-15-12(16-18-13)6-8-17-9-10-4-5-10/h10-11,14H,1-9H2/t11-/m1/s1. The molecule has 1 atom stereocenters. The highest BCUT2D eigenvalue weighted by Gasteiger charge is 2.22. The fraction of sp³-hybridized carbons (Fsp3) is 0.846. The van der Waals surface area contributed by atoms with Gasteiger partial charge >= 0.3 is 0 Å². The van der Waals surface area contributed by atoms with Crippen molar-refractivity contribution < 1.29 is 9.26 Å². The van der Waals surface area contributed by atoms with Gasteiger partial charge in [0, 0.05) is 13.0 Å². The van der Waals surface area contributed by atoms with Crippen LogP contribution in [0.1, 0.15) is 49.9 Å². The zero-order valence-electron chi connectivity index (χ0n) is 10.7. The average Bonchev–Trinajstić information content (AvgIpc) is 3.12. The summed E-state index contributed by atoms with van der Waals surface area (Å²) in [4.78, 5) is 4.45. The van der Waals surface area contributed by atoms with Gasteiger partial charge in [-0.15, -0.1) is 0 Å². The maximum atomic E-state index is 5.58. The Morgan fingerprint density at radius 3 is 3.00 bits per heavy atom. The molecule has 100 valence electrons. The van der Waals surface area contributed by atoms with Crippen LogP contribution in [0.15, 0.2) is 4.52 Å². The van der Waals surface area contributed by atoms with Gasteiger partial charge in [-0.25, -0.2) is 0 Å². The maximum Gasteiger partial charge on any atom is 0.243 e. The summed E-state index contributed by atoms with van der Waals surface area (Å²) >= 11 is 0. The molecule has 0 unspecified atom stereocenters. The lowest BCUT2D eigenvalue weighted by molar-refractivity contribution is 0.125. The van der Waals surface area contributed by atoms with Crippen molar-refractivity contribution in [3.8, 4) is 0 Å². The second kappa shape index (κ2) is 5.80. The molecular formula is C13H21N3O2. The van der Waals surface area contributed by atoms with E-state index in [1.54, 1.807) is 0 Å². The third-order valence-electron chi connectivity index (χ3n) is 3.61. The lowest BCUT2D eigenvalue weighted by Gasteiger charge is -2.19. The first kappa shape index (κ1) is 12.1. The summed E-state index contributed by atoms with van der Waals surface area (Å²) in [7, 11) is 0. The highest BCUT2D eigenvalue weighted by atomic mass is 16.5. The minimum Gasteiger partial charge on any atom is -0.381 e. The lowest BCUT2D eigenvalue weighted by atomic mass is 10.1. The molecule has 2 heterocycles. The number of nitrogens with one attached hydrogen (secondary N) is 1. The summed E-state index contributed by atoms with van der Waals surface area (Å²) in [5.41, 5.74) is 0. The van der Waals surface area contributed by atoms with E-state index in [9.17, 15) is 0 Å². The van der Waals surface area contributed by atoms with E-state index in [1.807, 2.05) is 0 Å². The minimum absolute atomic E-state index is 0.257. The molecule has 0 radical (unpaired) electrons. The van der Waals surface area contributed by atoms with Crippen LogP contribution in [0.25, 0.3) is 0 Å². The summed E-state index contributed by atoms with van der Waals surface area (Å²) in [6, 6.07) is 0.257. The molecule has 2 aliphatic rings. The Kier molecular flexibility index (Phi) is 3.90. The molecular weight excluding hydrogens is 230 g/mol. The molecule has 3 rings (SSSR count). The first-order valence-electron chi connectivity index (χ1n) is 7.05. The lowest BCUT2D eigenvalue weighted by Crippen LogP contribution is -2.27. The number of ether oxygens (including phenoxy) is 1. The van der Waals surface area contributed by atoms with Gasteiger partial charge in [0.25, 0.3) is 0 Å². The van der Waals surface area contributed by atoms with Crippen LogP contribution in [0.3, 0.4) is 0 Å². The molecule has 0 amide bonds. The van der Waals surface area contributed by atoms with Gasteiger partial charge in [0.15, 0.2) is 5.82 Å². The van der Waals surface area contributed by atoms with Crippen molar-refractivity contribution in [1.82, 2.24) is 15.5 Å². The molecule has 18 heavy (non-hydrogen) atoms. The minimum atomic E-state index is 0.257. The Balaban J connectivity index is 1.43. The number of rotatable bonds is 6.